The van der Waals surface area contributed by atoms with Crippen LogP contribution >= 0.6 is 0 Å². The molecular weight excluding hydrogens is 296 g/mol. The van der Waals surface area contributed by atoms with Gasteiger partial charge in [0.15, 0.2) is 0 Å². The lowest BCUT2D eigenvalue weighted by atomic mass is 10.0. The molecule has 0 amide bonds. The van der Waals surface area contributed by atoms with E-state index < -0.39 is 14.2 Å². The highest BCUT2D eigenvalue weighted by Crippen LogP contribution is 2.36. The van der Waals surface area contributed by atoms with E-state index in [-0.39, 0.29) is 5.54 Å². The summed E-state index contributed by atoms with van der Waals surface area (Å²) < 4.78 is 0. The van der Waals surface area contributed by atoms with E-state index in [9.17, 15) is 5.11 Å². The zero-order valence-electron chi connectivity index (χ0n) is 14.4. The normalized spacial score (nSPS) is 14.8. The third kappa shape index (κ3) is 5.49. The molecule has 0 aromatic heterocycles. The molecule has 0 aliphatic rings. The maximum absolute atomic E-state index is 10.8. The van der Waals surface area contributed by atoms with Crippen LogP contribution in [0.25, 0.3) is 0 Å². The molecular formula is C21H28OSi. The minimum Gasteiger partial charge on any atom is -0.388 e. The maximum Gasteiger partial charge on any atom is 0.0828 e. The number of allylic oxidation sites excluding steroid dienone is 1. The Morgan fingerprint density at radius 1 is 0.913 bits per heavy atom. The summed E-state index contributed by atoms with van der Waals surface area (Å²) in [7, 11) is -1.50. The molecule has 0 aliphatic carbocycles. The van der Waals surface area contributed by atoms with Crippen molar-refractivity contribution in [3.05, 3.63) is 83.9 Å². The van der Waals surface area contributed by atoms with Gasteiger partial charge in [0.05, 0.1) is 14.2 Å². The van der Waals surface area contributed by atoms with Crippen molar-refractivity contribution < 1.29 is 5.11 Å². The van der Waals surface area contributed by atoms with Gasteiger partial charge in [-0.1, -0.05) is 92.5 Å². The summed E-state index contributed by atoms with van der Waals surface area (Å²) in [4.78, 5) is 0. The minimum absolute atomic E-state index is 0.237. The number of aryl methyl sites for hydroxylation is 1. The Hall–Kier alpha value is -1.64. The molecule has 0 heterocycles. The maximum atomic E-state index is 10.8. The van der Waals surface area contributed by atoms with Gasteiger partial charge < -0.3 is 5.11 Å². The molecule has 0 fully saturated rings. The molecule has 0 saturated carbocycles. The monoisotopic (exact) mass is 324 g/mol. The highest BCUT2D eigenvalue weighted by atomic mass is 28.3. The van der Waals surface area contributed by atoms with Gasteiger partial charge in [-0.2, -0.15) is 0 Å². The molecule has 1 nitrogen and oxygen atoms in total. The van der Waals surface area contributed by atoms with E-state index in [1.54, 1.807) is 0 Å². The van der Waals surface area contributed by atoms with Crippen molar-refractivity contribution in [2.75, 3.05) is 0 Å². The molecule has 23 heavy (non-hydrogen) atoms. The molecule has 0 bridgehead atoms. The van der Waals surface area contributed by atoms with Gasteiger partial charge in [-0.25, -0.2) is 0 Å². The van der Waals surface area contributed by atoms with Crippen LogP contribution in [0, 0.1) is 0 Å². The van der Waals surface area contributed by atoms with E-state index in [0.717, 1.165) is 18.4 Å². The second-order valence-electron chi connectivity index (χ2n) is 7.20. The van der Waals surface area contributed by atoms with Crippen LogP contribution in [0.5, 0.6) is 0 Å². The van der Waals surface area contributed by atoms with Gasteiger partial charge in [0.1, 0.15) is 0 Å². The molecule has 2 aromatic rings. The molecule has 2 rings (SSSR count). The predicted octanol–water partition coefficient (Wildman–Crippen LogP) is 5.62. The van der Waals surface area contributed by atoms with Crippen LogP contribution in [0.15, 0.2) is 72.8 Å². The molecule has 2 aromatic carbocycles. The van der Waals surface area contributed by atoms with Crippen molar-refractivity contribution in [2.45, 2.75) is 44.1 Å². The predicted molar refractivity (Wildman–Crippen MR) is 102 cm³/mol. The third-order valence-corrected chi connectivity index (χ3v) is 6.78. The summed E-state index contributed by atoms with van der Waals surface area (Å²) in [5.41, 5.74) is 2.62. The van der Waals surface area contributed by atoms with Gasteiger partial charge in [0, 0.05) is 5.54 Å². The van der Waals surface area contributed by atoms with Gasteiger partial charge in [-0.15, -0.1) is 0 Å². The Kier molecular flexibility index (Phi) is 6.37. The van der Waals surface area contributed by atoms with Crippen molar-refractivity contribution in [3.63, 3.8) is 0 Å². The van der Waals surface area contributed by atoms with E-state index in [1.807, 2.05) is 30.3 Å². The zero-order valence-corrected chi connectivity index (χ0v) is 15.4. The first-order chi connectivity index (χ1) is 11.0. The lowest BCUT2D eigenvalue weighted by Gasteiger charge is -2.31. The zero-order chi connectivity index (χ0) is 16.7. The van der Waals surface area contributed by atoms with Gasteiger partial charge in [-0.3, -0.25) is 0 Å². The molecule has 0 radical (unpaired) electrons. The van der Waals surface area contributed by atoms with Crippen LogP contribution in [0.4, 0.5) is 0 Å². The largest absolute Gasteiger partial charge is 0.388 e. The number of hydrogen-bond donors (Lipinski definition) is 1. The average Bonchev–Trinajstić information content (AvgIpc) is 2.55. The third-order valence-electron chi connectivity index (χ3n) is 4.27. The average molecular weight is 325 g/mol. The van der Waals surface area contributed by atoms with E-state index in [2.05, 4.69) is 62.1 Å². The summed E-state index contributed by atoms with van der Waals surface area (Å²) in [5.74, 6) is 0. The van der Waals surface area contributed by atoms with Gasteiger partial charge in [-0.05, 0) is 24.0 Å². The molecule has 1 N–H and O–H groups in total. The molecule has 0 spiro atoms. The summed E-state index contributed by atoms with van der Waals surface area (Å²) in [6.45, 7) is 6.97. The second-order valence-corrected chi connectivity index (χ2v) is 12.6. The minimum atomic E-state index is -1.50. The number of aliphatic hydroxyl groups excluding tert-OH is 1. The molecule has 2 atom stereocenters. The van der Waals surface area contributed by atoms with E-state index in [4.69, 9.17) is 0 Å². The van der Waals surface area contributed by atoms with Crippen molar-refractivity contribution in [1.29, 1.82) is 0 Å². The Morgan fingerprint density at radius 3 is 2.04 bits per heavy atom. The van der Waals surface area contributed by atoms with E-state index >= 15 is 0 Å². The second kappa shape index (κ2) is 8.28. The summed E-state index contributed by atoms with van der Waals surface area (Å²) in [6, 6.07) is 20.6. The van der Waals surface area contributed by atoms with E-state index in [1.165, 1.54) is 5.56 Å². The molecule has 0 unspecified atom stereocenters. The quantitative estimate of drug-likeness (QED) is 0.518. The van der Waals surface area contributed by atoms with Crippen LogP contribution in [0.2, 0.25) is 25.2 Å². The number of aliphatic hydroxyl groups is 1. The highest BCUT2D eigenvalue weighted by molar-refractivity contribution is 6.78. The lowest BCUT2D eigenvalue weighted by Crippen LogP contribution is -2.31. The van der Waals surface area contributed by atoms with Crippen molar-refractivity contribution >= 4 is 8.07 Å². The SMILES string of the molecule is C[Si](C)(C)[C@H](/C=C\CCc1ccccc1)[C@@H](O)c1ccccc1. The van der Waals surface area contributed by atoms with Crippen molar-refractivity contribution in [3.8, 4) is 0 Å². The smallest absolute Gasteiger partial charge is 0.0828 e. The first-order valence-corrected chi connectivity index (χ1v) is 12.0. The van der Waals surface area contributed by atoms with Crippen LogP contribution in [-0.2, 0) is 6.42 Å². The summed E-state index contributed by atoms with van der Waals surface area (Å²) in [5, 5.41) is 10.8. The number of rotatable bonds is 7. The Balaban J connectivity index is 2.03. The number of hydrogen-bond acceptors (Lipinski definition) is 1. The summed E-state index contributed by atoms with van der Waals surface area (Å²) >= 11 is 0. The van der Waals surface area contributed by atoms with Crippen molar-refractivity contribution in [2.24, 2.45) is 0 Å². The van der Waals surface area contributed by atoms with Crippen LogP contribution in [-0.4, -0.2) is 13.2 Å². The fourth-order valence-corrected chi connectivity index (χ4v) is 4.72. The molecule has 0 aliphatic heterocycles. The van der Waals surface area contributed by atoms with Gasteiger partial charge >= 0.3 is 0 Å². The Bertz CT molecular complexity index is 599. The van der Waals surface area contributed by atoms with E-state index in [0.29, 0.717) is 0 Å². The standard InChI is InChI=1S/C21H28OSi/c1-23(2,3)20(21(22)19-15-8-5-9-16-19)17-11-10-14-18-12-6-4-7-13-18/h4-9,11-13,15-17,20-22H,10,14H2,1-3H3/b17-11-/t20-,21+/m1/s1. The Morgan fingerprint density at radius 2 is 1.48 bits per heavy atom. The first-order valence-electron chi connectivity index (χ1n) is 8.42. The highest BCUT2D eigenvalue weighted by Gasteiger charge is 2.31. The Labute approximate surface area is 141 Å². The van der Waals surface area contributed by atoms with Crippen LogP contribution in [0.1, 0.15) is 23.7 Å². The first kappa shape index (κ1) is 17.7. The van der Waals surface area contributed by atoms with Crippen molar-refractivity contribution in [1.82, 2.24) is 0 Å². The topological polar surface area (TPSA) is 20.2 Å². The van der Waals surface area contributed by atoms with Crippen LogP contribution in [0.3, 0.4) is 0 Å². The molecule has 122 valence electrons. The lowest BCUT2D eigenvalue weighted by molar-refractivity contribution is 0.179. The van der Waals surface area contributed by atoms with Gasteiger partial charge in [0.2, 0.25) is 0 Å². The number of benzene rings is 2. The molecule has 2 heteroatoms. The fraction of sp³-hybridized carbons (Fsp3) is 0.333. The van der Waals surface area contributed by atoms with Gasteiger partial charge in [0.25, 0.3) is 0 Å². The molecule has 0 saturated heterocycles. The summed E-state index contributed by atoms with van der Waals surface area (Å²) in [6.07, 6.45) is 6.18. The van der Waals surface area contributed by atoms with Crippen LogP contribution < -0.4 is 0 Å². The fourth-order valence-electron chi connectivity index (χ4n) is 2.86.